The second-order valence-electron chi connectivity index (χ2n) is 8.08. The average Bonchev–Trinajstić information content (AvgIpc) is 2.72. The van der Waals surface area contributed by atoms with Crippen molar-refractivity contribution >= 4 is 17.5 Å². The van der Waals surface area contributed by atoms with Crippen LogP contribution in [0.5, 0.6) is 5.75 Å². The lowest BCUT2D eigenvalue weighted by Crippen LogP contribution is -2.49. The Morgan fingerprint density at radius 3 is 2.41 bits per heavy atom. The summed E-state index contributed by atoms with van der Waals surface area (Å²) in [5, 5.41) is 2.91. The molecule has 0 aliphatic carbocycles. The number of benzene rings is 1. The summed E-state index contributed by atoms with van der Waals surface area (Å²) >= 11 is 0. The Bertz CT molecular complexity index is 884. The molecule has 1 aromatic carbocycles. The van der Waals surface area contributed by atoms with Crippen molar-refractivity contribution in [3.63, 3.8) is 0 Å². The molecular formula is C22H28N4O3. The summed E-state index contributed by atoms with van der Waals surface area (Å²) in [6.45, 7) is 8.32. The summed E-state index contributed by atoms with van der Waals surface area (Å²) in [4.78, 5) is 33.5. The zero-order valence-electron chi connectivity index (χ0n) is 17.4. The predicted molar refractivity (Wildman–Crippen MR) is 113 cm³/mol. The molecule has 2 heterocycles. The molecule has 0 saturated carbocycles. The third-order valence-corrected chi connectivity index (χ3v) is 4.72. The largest absolute Gasteiger partial charge is 0.495 e. The highest BCUT2D eigenvalue weighted by atomic mass is 16.5. The van der Waals surface area contributed by atoms with Crippen molar-refractivity contribution in [2.45, 2.75) is 26.3 Å². The fraction of sp³-hybridized carbons (Fsp3) is 0.409. The highest BCUT2D eigenvalue weighted by Crippen LogP contribution is 2.28. The van der Waals surface area contributed by atoms with E-state index in [0.29, 0.717) is 31.7 Å². The molecule has 0 radical (unpaired) electrons. The van der Waals surface area contributed by atoms with Gasteiger partial charge in [0.2, 0.25) is 0 Å². The number of nitrogens with one attached hydrogen (secondary N) is 1. The molecule has 0 bridgehead atoms. The van der Waals surface area contributed by atoms with Gasteiger partial charge in [0.15, 0.2) is 0 Å². The average molecular weight is 396 g/mol. The Balaban J connectivity index is 1.67. The molecule has 0 spiro atoms. The van der Waals surface area contributed by atoms with Gasteiger partial charge in [-0.1, -0.05) is 12.1 Å². The highest BCUT2D eigenvalue weighted by Gasteiger charge is 2.25. The van der Waals surface area contributed by atoms with Crippen molar-refractivity contribution in [3.8, 4) is 5.75 Å². The van der Waals surface area contributed by atoms with Crippen molar-refractivity contribution < 1.29 is 14.3 Å². The first-order valence-electron chi connectivity index (χ1n) is 9.74. The second kappa shape index (κ2) is 8.51. The number of amides is 2. The number of carbonyl (C=O) groups is 2. The SMILES string of the molecule is COc1ccccc1N1CCN(C(=O)c2cc(C(=O)NC(C)(C)C)ccn2)CC1. The van der Waals surface area contributed by atoms with E-state index in [9.17, 15) is 9.59 Å². The van der Waals surface area contributed by atoms with E-state index in [-0.39, 0.29) is 23.0 Å². The van der Waals surface area contributed by atoms with Gasteiger partial charge in [0, 0.05) is 43.5 Å². The summed E-state index contributed by atoms with van der Waals surface area (Å²) in [5.74, 6) is 0.455. The summed E-state index contributed by atoms with van der Waals surface area (Å²) in [7, 11) is 1.66. The number of anilines is 1. The van der Waals surface area contributed by atoms with Crippen LogP contribution in [0.15, 0.2) is 42.6 Å². The maximum Gasteiger partial charge on any atom is 0.272 e. The standard InChI is InChI=1S/C22H28N4O3/c1-22(2,3)24-20(27)16-9-10-23-17(15-16)21(28)26-13-11-25(12-14-26)18-7-5-6-8-19(18)29-4/h5-10,15H,11-14H2,1-4H3,(H,24,27). The molecular weight excluding hydrogens is 368 g/mol. The molecule has 7 nitrogen and oxygen atoms in total. The minimum Gasteiger partial charge on any atom is -0.495 e. The smallest absolute Gasteiger partial charge is 0.272 e. The van der Waals surface area contributed by atoms with Crippen molar-refractivity contribution in [2.24, 2.45) is 0 Å². The van der Waals surface area contributed by atoms with Gasteiger partial charge in [-0.3, -0.25) is 14.6 Å². The van der Waals surface area contributed by atoms with Crippen LogP contribution in [0.2, 0.25) is 0 Å². The van der Waals surface area contributed by atoms with E-state index < -0.39 is 0 Å². The summed E-state index contributed by atoms with van der Waals surface area (Å²) in [6.07, 6.45) is 1.51. The van der Waals surface area contributed by atoms with E-state index in [1.165, 1.54) is 6.20 Å². The van der Waals surface area contributed by atoms with Crippen molar-refractivity contribution in [2.75, 3.05) is 38.2 Å². The Morgan fingerprint density at radius 1 is 1.07 bits per heavy atom. The van der Waals surface area contributed by atoms with E-state index in [0.717, 1.165) is 11.4 Å². The summed E-state index contributed by atoms with van der Waals surface area (Å²) < 4.78 is 5.44. The van der Waals surface area contributed by atoms with Crippen LogP contribution in [0.4, 0.5) is 5.69 Å². The lowest BCUT2D eigenvalue weighted by molar-refractivity contribution is 0.0740. The van der Waals surface area contributed by atoms with Crippen LogP contribution in [-0.4, -0.2) is 60.5 Å². The molecule has 1 N–H and O–H groups in total. The molecule has 154 valence electrons. The van der Waals surface area contributed by atoms with Gasteiger partial charge in [-0.2, -0.15) is 0 Å². The number of ether oxygens (including phenoxy) is 1. The summed E-state index contributed by atoms with van der Waals surface area (Å²) in [5.41, 5.74) is 1.41. The second-order valence-corrected chi connectivity index (χ2v) is 8.08. The van der Waals surface area contributed by atoms with Gasteiger partial charge in [-0.15, -0.1) is 0 Å². The normalized spacial score (nSPS) is 14.5. The molecule has 1 fully saturated rings. The Labute approximate surface area is 171 Å². The van der Waals surface area contributed by atoms with Gasteiger partial charge in [0.25, 0.3) is 11.8 Å². The molecule has 7 heteroatoms. The van der Waals surface area contributed by atoms with E-state index >= 15 is 0 Å². The molecule has 2 amide bonds. The number of hydrogen-bond acceptors (Lipinski definition) is 5. The minimum absolute atomic E-state index is 0.157. The Morgan fingerprint density at radius 2 is 1.76 bits per heavy atom. The fourth-order valence-electron chi connectivity index (χ4n) is 3.30. The molecule has 0 atom stereocenters. The van der Waals surface area contributed by atoms with Gasteiger partial charge < -0.3 is 19.9 Å². The molecule has 29 heavy (non-hydrogen) atoms. The maximum atomic E-state index is 12.9. The molecule has 1 aliphatic heterocycles. The number of nitrogens with zero attached hydrogens (tertiary/aromatic N) is 3. The minimum atomic E-state index is -0.348. The third-order valence-electron chi connectivity index (χ3n) is 4.72. The first-order chi connectivity index (χ1) is 13.8. The molecule has 2 aromatic rings. The fourth-order valence-corrected chi connectivity index (χ4v) is 3.30. The van der Waals surface area contributed by atoms with Crippen molar-refractivity contribution in [1.82, 2.24) is 15.2 Å². The van der Waals surface area contributed by atoms with Crippen LogP contribution in [0.1, 0.15) is 41.6 Å². The number of methoxy groups -OCH3 is 1. The predicted octanol–water partition coefficient (Wildman–Crippen LogP) is 2.58. The van der Waals surface area contributed by atoms with Crippen LogP contribution in [0, 0.1) is 0 Å². The number of para-hydroxylation sites is 2. The lowest BCUT2D eigenvalue weighted by atomic mass is 10.1. The number of pyridine rings is 1. The van der Waals surface area contributed by atoms with Gasteiger partial charge in [-0.05, 0) is 45.0 Å². The highest BCUT2D eigenvalue weighted by molar-refractivity contribution is 5.98. The van der Waals surface area contributed by atoms with E-state index in [1.54, 1.807) is 24.1 Å². The molecule has 1 saturated heterocycles. The number of hydrogen-bond donors (Lipinski definition) is 1. The monoisotopic (exact) mass is 396 g/mol. The topological polar surface area (TPSA) is 74.8 Å². The number of piperazine rings is 1. The first-order valence-corrected chi connectivity index (χ1v) is 9.74. The Hall–Kier alpha value is -3.09. The number of carbonyl (C=O) groups excluding carboxylic acids is 2. The van der Waals surface area contributed by atoms with Crippen molar-refractivity contribution in [3.05, 3.63) is 53.9 Å². The van der Waals surface area contributed by atoms with Crippen LogP contribution >= 0.6 is 0 Å². The summed E-state index contributed by atoms with van der Waals surface area (Å²) in [6, 6.07) is 11.1. The molecule has 0 unspecified atom stereocenters. The van der Waals surface area contributed by atoms with Gasteiger partial charge in [0.05, 0.1) is 12.8 Å². The lowest BCUT2D eigenvalue weighted by Gasteiger charge is -2.36. The van der Waals surface area contributed by atoms with Gasteiger partial charge in [0.1, 0.15) is 11.4 Å². The zero-order chi connectivity index (χ0) is 21.0. The first kappa shape index (κ1) is 20.6. The van der Waals surface area contributed by atoms with E-state index in [2.05, 4.69) is 15.2 Å². The quantitative estimate of drug-likeness (QED) is 0.860. The van der Waals surface area contributed by atoms with Crippen LogP contribution in [-0.2, 0) is 0 Å². The molecule has 1 aliphatic rings. The number of aromatic nitrogens is 1. The van der Waals surface area contributed by atoms with Crippen LogP contribution in [0.25, 0.3) is 0 Å². The molecule has 1 aromatic heterocycles. The van der Waals surface area contributed by atoms with E-state index in [1.807, 2.05) is 45.0 Å². The molecule has 3 rings (SSSR count). The number of rotatable bonds is 4. The van der Waals surface area contributed by atoms with Crippen LogP contribution in [0.3, 0.4) is 0 Å². The van der Waals surface area contributed by atoms with Gasteiger partial charge >= 0.3 is 0 Å². The Kier molecular flexibility index (Phi) is 6.06. The maximum absolute atomic E-state index is 12.9. The van der Waals surface area contributed by atoms with Crippen molar-refractivity contribution in [1.29, 1.82) is 0 Å². The zero-order valence-corrected chi connectivity index (χ0v) is 17.4. The third kappa shape index (κ3) is 5.04. The van der Waals surface area contributed by atoms with Gasteiger partial charge in [-0.25, -0.2) is 0 Å². The van der Waals surface area contributed by atoms with Crippen LogP contribution < -0.4 is 15.0 Å². The van der Waals surface area contributed by atoms with E-state index in [4.69, 9.17) is 4.74 Å².